The second kappa shape index (κ2) is 17.2. The molecule has 0 atom stereocenters. The van der Waals surface area contributed by atoms with Crippen molar-refractivity contribution in [3.8, 4) is 45.3 Å². The fourth-order valence-corrected chi connectivity index (χ4v) is 4.80. The molecule has 0 unspecified atom stereocenters. The SMILES string of the molecule is C=CC(=O)OCOc1ccc(C(=O)Oc2ccc(-c3ccc(-c4ccc(OC(=O)c5ccc(OCOC(=O)C=C)cc5)c(F)c4)c(C)c3)cc2F)cc1. The molecule has 10 nitrogen and oxygen atoms in total. The molecule has 0 N–H and O–H groups in total. The zero-order chi connectivity index (χ0) is 37.9. The van der Waals surface area contributed by atoms with Crippen LogP contribution in [0.4, 0.5) is 8.78 Å². The highest BCUT2D eigenvalue weighted by Gasteiger charge is 2.16. The maximum atomic E-state index is 15.1. The van der Waals surface area contributed by atoms with Crippen LogP contribution in [0.1, 0.15) is 26.3 Å². The Kier molecular flexibility index (Phi) is 12.1. The Morgan fingerprint density at radius 1 is 0.566 bits per heavy atom. The standard InChI is InChI=1S/C41H30F2O10/c1-4-38(44)50-23-48-31-13-6-26(7-14-31)40(46)52-36-18-11-29(21-34(36)42)28-10-17-33(25(3)20-28)30-12-19-37(35(43)22-30)53-41(47)27-8-15-32(16-9-27)49-24-51-39(45)5-2/h4-22H,1-2,23-24H2,3H3. The van der Waals surface area contributed by atoms with Crippen LogP contribution in [0.5, 0.6) is 23.0 Å². The van der Waals surface area contributed by atoms with Gasteiger partial charge in [-0.2, -0.15) is 0 Å². The summed E-state index contributed by atoms with van der Waals surface area (Å²) in [7, 11) is 0. The van der Waals surface area contributed by atoms with Crippen LogP contribution in [-0.4, -0.2) is 37.5 Å². The summed E-state index contributed by atoms with van der Waals surface area (Å²) in [5.74, 6) is -4.26. The number of benzene rings is 5. The van der Waals surface area contributed by atoms with Crippen molar-refractivity contribution in [1.29, 1.82) is 0 Å². The number of esters is 4. The fraction of sp³-hybridized carbons (Fsp3) is 0.0732. The van der Waals surface area contributed by atoms with E-state index in [0.29, 0.717) is 33.8 Å². The van der Waals surface area contributed by atoms with Crippen LogP contribution in [-0.2, 0) is 19.1 Å². The minimum atomic E-state index is -0.791. The van der Waals surface area contributed by atoms with E-state index in [-0.39, 0.29) is 36.2 Å². The van der Waals surface area contributed by atoms with Gasteiger partial charge in [0.25, 0.3) is 0 Å². The molecule has 268 valence electrons. The number of hydrogen-bond donors (Lipinski definition) is 0. The zero-order valence-corrected chi connectivity index (χ0v) is 28.1. The average molecular weight is 721 g/mol. The highest BCUT2D eigenvalue weighted by molar-refractivity contribution is 5.92. The highest BCUT2D eigenvalue weighted by atomic mass is 19.1. The summed E-state index contributed by atoms with van der Waals surface area (Å²) >= 11 is 0. The van der Waals surface area contributed by atoms with Crippen molar-refractivity contribution in [3.05, 3.63) is 157 Å². The second-order valence-electron chi connectivity index (χ2n) is 11.0. The Morgan fingerprint density at radius 3 is 1.42 bits per heavy atom. The number of carbonyl (C=O) groups excluding carboxylic acids is 4. The molecule has 0 saturated carbocycles. The molecule has 0 aliphatic carbocycles. The van der Waals surface area contributed by atoms with Gasteiger partial charge in [0.2, 0.25) is 13.6 Å². The van der Waals surface area contributed by atoms with Crippen LogP contribution >= 0.6 is 0 Å². The predicted octanol–water partition coefficient (Wildman–Crippen LogP) is 8.18. The van der Waals surface area contributed by atoms with Crippen LogP contribution in [0.25, 0.3) is 22.3 Å². The summed E-state index contributed by atoms with van der Waals surface area (Å²) in [5.41, 5.74) is 3.44. The minimum absolute atomic E-state index is 0.140. The zero-order valence-electron chi connectivity index (χ0n) is 28.1. The Balaban J connectivity index is 1.19. The maximum absolute atomic E-state index is 15.1. The lowest BCUT2D eigenvalue weighted by Gasteiger charge is -2.12. The lowest BCUT2D eigenvalue weighted by molar-refractivity contribution is -0.145. The van der Waals surface area contributed by atoms with Gasteiger partial charge in [-0.1, -0.05) is 43.5 Å². The Morgan fingerprint density at radius 2 is 0.981 bits per heavy atom. The van der Waals surface area contributed by atoms with E-state index in [4.69, 9.17) is 28.4 Å². The molecule has 0 radical (unpaired) electrons. The normalized spacial score (nSPS) is 10.4. The summed E-state index contributed by atoms with van der Waals surface area (Å²) < 4.78 is 60.7. The fourth-order valence-electron chi connectivity index (χ4n) is 4.80. The Labute approximate surface area is 302 Å². The molecule has 5 aromatic rings. The van der Waals surface area contributed by atoms with Crippen LogP contribution in [0.2, 0.25) is 0 Å². The average Bonchev–Trinajstić information content (AvgIpc) is 3.16. The summed E-state index contributed by atoms with van der Waals surface area (Å²) in [4.78, 5) is 47.5. The van der Waals surface area contributed by atoms with Crippen molar-refractivity contribution in [2.75, 3.05) is 13.6 Å². The Bertz CT molecular complexity index is 2180. The van der Waals surface area contributed by atoms with E-state index in [1.54, 1.807) is 30.3 Å². The van der Waals surface area contributed by atoms with Crippen LogP contribution in [0.15, 0.2) is 128 Å². The van der Waals surface area contributed by atoms with Gasteiger partial charge in [0.1, 0.15) is 11.5 Å². The Hall–Kier alpha value is -7.08. The molecule has 53 heavy (non-hydrogen) atoms. The third-order valence-corrected chi connectivity index (χ3v) is 7.51. The van der Waals surface area contributed by atoms with Crippen molar-refractivity contribution in [1.82, 2.24) is 0 Å². The number of rotatable bonds is 14. The minimum Gasteiger partial charge on any atom is -0.457 e. The van der Waals surface area contributed by atoms with E-state index in [1.165, 1.54) is 72.8 Å². The molecular formula is C41H30F2O10. The monoisotopic (exact) mass is 720 g/mol. The number of hydrogen-bond acceptors (Lipinski definition) is 10. The first-order valence-corrected chi connectivity index (χ1v) is 15.7. The lowest BCUT2D eigenvalue weighted by atomic mass is 9.95. The van der Waals surface area contributed by atoms with Crippen LogP contribution in [0.3, 0.4) is 0 Å². The third kappa shape index (κ3) is 9.79. The molecule has 12 heteroatoms. The van der Waals surface area contributed by atoms with Gasteiger partial charge in [-0.3, -0.25) is 0 Å². The van der Waals surface area contributed by atoms with Crippen molar-refractivity contribution >= 4 is 23.9 Å². The van der Waals surface area contributed by atoms with E-state index in [9.17, 15) is 19.2 Å². The van der Waals surface area contributed by atoms with Crippen molar-refractivity contribution < 1.29 is 56.4 Å². The van der Waals surface area contributed by atoms with Gasteiger partial charge in [-0.15, -0.1) is 0 Å². The van der Waals surface area contributed by atoms with Gasteiger partial charge >= 0.3 is 23.9 Å². The molecule has 0 amide bonds. The van der Waals surface area contributed by atoms with E-state index in [2.05, 4.69) is 13.2 Å². The molecule has 0 aromatic heterocycles. The first-order chi connectivity index (χ1) is 25.5. The smallest absolute Gasteiger partial charge is 0.343 e. The van der Waals surface area contributed by atoms with E-state index < -0.39 is 35.5 Å². The van der Waals surface area contributed by atoms with Crippen LogP contribution < -0.4 is 18.9 Å². The van der Waals surface area contributed by atoms with E-state index in [0.717, 1.165) is 17.7 Å². The number of ether oxygens (including phenoxy) is 6. The van der Waals surface area contributed by atoms with Gasteiger partial charge in [-0.05, 0) is 108 Å². The van der Waals surface area contributed by atoms with Crippen molar-refractivity contribution in [2.45, 2.75) is 6.92 Å². The van der Waals surface area contributed by atoms with Gasteiger partial charge in [0.05, 0.1) is 11.1 Å². The first kappa shape index (κ1) is 37.2. The molecule has 0 bridgehead atoms. The molecule has 5 rings (SSSR count). The number of carbonyl (C=O) groups is 4. The molecule has 0 aliphatic rings. The van der Waals surface area contributed by atoms with Gasteiger partial charge < -0.3 is 28.4 Å². The first-order valence-electron chi connectivity index (χ1n) is 15.7. The molecule has 0 aliphatic heterocycles. The van der Waals surface area contributed by atoms with Gasteiger partial charge in [-0.25, -0.2) is 28.0 Å². The molecule has 0 saturated heterocycles. The number of aryl methyl sites for hydroxylation is 1. The second-order valence-corrected chi connectivity index (χ2v) is 11.0. The van der Waals surface area contributed by atoms with E-state index >= 15 is 8.78 Å². The third-order valence-electron chi connectivity index (χ3n) is 7.51. The quantitative estimate of drug-likeness (QED) is 0.0480. The molecular weight excluding hydrogens is 690 g/mol. The molecule has 0 heterocycles. The summed E-state index contributed by atoms with van der Waals surface area (Å²) in [5, 5.41) is 0. The number of halogens is 2. The topological polar surface area (TPSA) is 124 Å². The van der Waals surface area contributed by atoms with Crippen molar-refractivity contribution in [2.24, 2.45) is 0 Å². The lowest BCUT2D eigenvalue weighted by Crippen LogP contribution is -2.10. The van der Waals surface area contributed by atoms with Crippen LogP contribution in [0, 0.1) is 18.6 Å². The largest absolute Gasteiger partial charge is 0.457 e. The molecule has 5 aromatic carbocycles. The van der Waals surface area contributed by atoms with Gasteiger partial charge in [0.15, 0.2) is 23.1 Å². The highest BCUT2D eigenvalue weighted by Crippen LogP contribution is 2.33. The summed E-state index contributed by atoms with van der Waals surface area (Å²) in [6.07, 6.45) is 2.00. The maximum Gasteiger partial charge on any atom is 0.343 e. The van der Waals surface area contributed by atoms with Crippen molar-refractivity contribution in [3.63, 3.8) is 0 Å². The predicted molar refractivity (Wildman–Crippen MR) is 188 cm³/mol. The summed E-state index contributed by atoms with van der Waals surface area (Å²) in [6.45, 7) is 7.71. The van der Waals surface area contributed by atoms with Gasteiger partial charge in [0, 0.05) is 12.2 Å². The molecule has 0 spiro atoms. The molecule has 0 fully saturated rings. The summed E-state index contributed by atoms with van der Waals surface area (Å²) in [6, 6.07) is 25.3. The van der Waals surface area contributed by atoms with E-state index in [1.807, 2.05) is 6.92 Å².